The van der Waals surface area contributed by atoms with E-state index in [1.807, 2.05) is 0 Å². The van der Waals surface area contributed by atoms with Gasteiger partial charge >= 0.3 is 6.18 Å². The number of carbonyl (C=O) groups is 1. The van der Waals surface area contributed by atoms with Gasteiger partial charge in [0.1, 0.15) is 16.3 Å². The van der Waals surface area contributed by atoms with Crippen LogP contribution in [0.3, 0.4) is 0 Å². The summed E-state index contributed by atoms with van der Waals surface area (Å²) in [6.45, 7) is 0.545. The molecule has 0 aromatic carbocycles. The summed E-state index contributed by atoms with van der Waals surface area (Å²) < 4.78 is 73.1. The lowest BCUT2D eigenvalue weighted by molar-refractivity contribution is -0.137. The van der Waals surface area contributed by atoms with Gasteiger partial charge in [-0.05, 0) is 36.5 Å². The minimum absolute atomic E-state index is 0.0136. The Hall–Kier alpha value is -3.30. The van der Waals surface area contributed by atoms with Crippen molar-refractivity contribution in [3.8, 4) is 10.6 Å². The molecule has 3 aliphatic rings. The van der Waals surface area contributed by atoms with Crippen molar-refractivity contribution in [1.29, 1.82) is 0 Å². The molecule has 0 unspecified atom stereocenters. The van der Waals surface area contributed by atoms with Crippen molar-refractivity contribution in [1.82, 2.24) is 19.9 Å². The number of fused-ring (bicyclic) bond motifs is 1. The summed E-state index contributed by atoms with van der Waals surface area (Å²) in [5, 5.41) is 2.93. The largest absolute Gasteiger partial charge is 0.420 e. The van der Waals surface area contributed by atoms with Gasteiger partial charge in [0.2, 0.25) is 5.95 Å². The zero-order valence-corrected chi connectivity index (χ0v) is 21.3. The third-order valence-corrected chi connectivity index (χ3v) is 9.67. The van der Waals surface area contributed by atoms with Crippen LogP contribution in [0.15, 0.2) is 29.4 Å². The lowest BCUT2D eigenvalue weighted by atomic mass is 10.1. The molecule has 6 rings (SSSR count). The van der Waals surface area contributed by atoms with Crippen LogP contribution < -0.4 is 11.1 Å². The van der Waals surface area contributed by atoms with E-state index in [2.05, 4.69) is 20.3 Å². The number of nitrogens with one attached hydrogen (secondary N) is 1. The fraction of sp³-hybridized carbons (Fsp3) is 0.391. The highest BCUT2D eigenvalue weighted by Crippen LogP contribution is 2.45. The number of nitrogen functional groups attached to an aromatic ring is 1. The van der Waals surface area contributed by atoms with Crippen LogP contribution in [0.2, 0.25) is 0 Å². The standard InChI is InChI=1S/C23H21F3N6O4S2/c24-23(25,26)14-7-29-22(30-15-8-28-18(27)5-13(15)11-1-2-11)31-19(14)16-6-17-20(37-16)21(33)32(12-9-36-10-12)3-4-38(17,34)35/h5-8,11-12H,1-4,9-10H2,(H2,27,28)(H,29,30,31). The van der Waals surface area contributed by atoms with E-state index >= 15 is 0 Å². The van der Waals surface area contributed by atoms with Gasteiger partial charge in [-0.15, -0.1) is 11.3 Å². The highest BCUT2D eigenvalue weighted by molar-refractivity contribution is 7.91. The first-order valence-corrected chi connectivity index (χ1v) is 14.2. The predicted molar refractivity (Wildman–Crippen MR) is 132 cm³/mol. The Balaban J connectivity index is 1.43. The Labute approximate surface area is 219 Å². The number of pyridine rings is 1. The van der Waals surface area contributed by atoms with E-state index in [0.29, 0.717) is 29.0 Å². The number of rotatable bonds is 5. The molecule has 0 atom stereocenters. The number of nitrogens with two attached hydrogens (primary N) is 1. The maximum atomic E-state index is 14.0. The number of halogens is 3. The molecule has 38 heavy (non-hydrogen) atoms. The first-order chi connectivity index (χ1) is 18.0. The third-order valence-electron chi connectivity index (χ3n) is 6.70. The maximum Gasteiger partial charge on any atom is 0.420 e. The number of hydrogen-bond donors (Lipinski definition) is 2. The molecule has 10 nitrogen and oxygen atoms in total. The van der Waals surface area contributed by atoms with Crippen LogP contribution in [0.1, 0.15) is 39.6 Å². The van der Waals surface area contributed by atoms with Crippen molar-refractivity contribution in [2.24, 2.45) is 0 Å². The molecule has 0 bridgehead atoms. The molecule has 15 heteroatoms. The Morgan fingerprint density at radius 2 is 1.92 bits per heavy atom. The summed E-state index contributed by atoms with van der Waals surface area (Å²) >= 11 is 0.675. The van der Waals surface area contributed by atoms with E-state index in [1.54, 1.807) is 6.07 Å². The summed E-state index contributed by atoms with van der Waals surface area (Å²) in [4.78, 5) is 26.2. The average Bonchev–Trinajstić information content (AvgIpc) is 3.58. The minimum atomic E-state index is -4.82. The second kappa shape index (κ2) is 8.88. The van der Waals surface area contributed by atoms with Gasteiger partial charge in [0.05, 0.1) is 52.4 Å². The van der Waals surface area contributed by atoms with Crippen molar-refractivity contribution in [3.63, 3.8) is 0 Å². The first kappa shape index (κ1) is 25.0. The zero-order chi connectivity index (χ0) is 26.8. The Morgan fingerprint density at radius 3 is 2.58 bits per heavy atom. The Morgan fingerprint density at radius 1 is 1.16 bits per heavy atom. The maximum absolute atomic E-state index is 14.0. The molecule has 1 saturated carbocycles. The van der Waals surface area contributed by atoms with Gasteiger partial charge in [-0.25, -0.2) is 23.4 Å². The van der Waals surface area contributed by atoms with Gasteiger partial charge < -0.3 is 20.7 Å². The Bertz CT molecular complexity index is 1550. The van der Waals surface area contributed by atoms with E-state index in [4.69, 9.17) is 10.5 Å². The number of nitrogens with zero attached hydrogens (tertiary/aromatic N) is 4. The zero-order valence-electron chi connectivity index (χ0n) is 19.7. The number of anilines is 3. The number of alkyl halides is 3. The summed E-state index contributed by atoms with van der Waals surface area (Å²) in [6, 6.07) is 2.54. The van der Waals surface area contributed by atoms with E-state index in [0.717, 1.165) is 24.5 Å². The molecule has 3 aromatic heterocycles. The topological polar surface area (TPSA) is 140 Å². The molecule has 2 aliphatic heterocycles. The van der Waals surface area contributed by atoms with Gasteiger partial charge in [0.15, 0.2) is 9.84 Å². The van der Waals surface area contributed by atoms with Crippen LogP contribution in [0, 0.1) is 0 Å². The molecule has 200 valence electrons. The number of carbonyl (C=O) groups excluding carboxylic acids is 1. The van der Waals surface area contributed by atoms with E-state index in [9.17, 15) is 26.4 Å². The van der Waals surface area contributed by atoms with Gasteiger partial charge in [0, 0.05) is 12.7 Å². The minimum Gasteiger partial charge on any atom is -0.384 e. The third kappa shape index (κ3) is 4.47. The van der Waals surface area contributed by atoms with Gasteiger partial charge in [-0.1, -0.05) is 0 Å². The average molecular weight is 567 g/mol. The molecular weight excluding hydrogens is 545 g/mol. The first-order valence-electron chi connectivity index (χ1n) is 11.7. The molecule has 3 aromatic rings. The van der Waals surface area contributed by atoms with E-state index in [-0.39, 0.29) is 58.1 Å². The molecule has 1 aliphatic carbocycles. The van der Waals surface area contributed by atoms with Crippen LogP contribution >= 0.6 is 11.3 Å². The number of thiophene rings is 1. The second-order valence-corrected chi connectivity index (χ2v) is 12.5. The van der Waals surface area contributed by atoms with Crippen molar-refractivity contribution in [2.45, 2.75) is 35.9 Å². The summed E-state index contributed by atoms with van der Waals surface area (Å²) in [5.41, 5.74) is 5.52. The number of amides is 1. The fourth-order valence-electron chi connectivity index (χ4n) is 4.47. The predicted octanol–water partition coefficient (Wildman–Crippen LogP) is 3.45. The van der Waals surface area contributed by atoms with Crippen molar-refractivity contribution in [2.75, 3.05) is 36.6 Å². The van der Waals surface area contributed by atoms with E-state index < -0.39 is 33.2 Å². The van der Waals surface area contributed by atoms with Crippen LogP contribution in [0.4, 0.5) is 30.6 Å². The summed E-state index contributed by atoms with van der Waals surface area (Å²) in [6.07, 6.45) is -0.809. The number of aromatic nitrogens is 3. The molecule has 2 fully saturated rings. The van der Waals surface area contributed by atoms with E-state index in [1.165, 1.54) is 11.1 Å². The van der Waals surface area contributed by atoms with Crippen LogP contribution in [-0.4, -0.2) is 65.7 Å². The van der Waals surface area contributed by atoms with Crippen LogP contribution in [0.5, 0.6) is 0 Å². The van der Waals surface area contributed by atoms with Crippen LogP contribution in [0.25, 0.3) is 10.6 Å². The quantitative estimate of drug-likeness (QED) is 0.475. The summed E-state index contributed by atoms with van der Waals surface area (Å²) in [7, 11) is -3.92. The monoisotopic (exact) mass is 566 g/mol. The fourth-order valence-corrected chi connectivity index (χ4v) is 7.38. The smallest absolute Gasteiger partial charge is 0.384 e. The number of hydrogen-bond acceptors (Lipinski definition) is 10. The summed E-state index contributed by atoms with van der Waals surface area (Å²) in [5.74, 6) is -0.444. The molecule has 3 N–H and O–H groups in total. The highest BCUT2D eigenvalue weighted by Gasteiger charge is 2.41. The Kier molecular flexibility index (Phi) is 5.84. The highest BCUT2D eigenvalue weighted by atomic mass is 32.2. The number of ether oxygens (including phenoxy) is 1. The van der Waals surface area contributed by atoms with Crippen molar-refractivity contribution < 1.29 is 31.1 Å². The SMILES string of the molecule is Nc1cc(C2CC2)c(Nc2ncc(C(F)(F)F)c(-c3cc4c(s3)C(=O)N(C3COC3)CCS4(=O)=O)n2)cn1. The lowest BCUT2D eigenvalue weighted by Gasteiger charge is -2.36. The molecule has 0 radical (unpaired) electrons. The molecule has 1 saturated heterocycles. The molecule has 1 amide bonds. The lowest BCUT2D eigenvalue weighted by Crippen LogP contribution is -2.52. The van der Waals surface area contributed by atoms with Crippen LogP contribution in [-0.2, 0) is 20.8 Å². The van der Waals surface area contributed by atoms with Gasteiger partial charge in [-0.2, -0.15) is 13.2 Å². The van der Waals surface area contributed by atoms with Gasteiger partial charge in [0.25, 0.3) is 5.91 Å². The molecule has 0 spiro atoms. The molecule has 5 heterocycles. The van der Waals surface area contributed by atoms with Crippen molar-refractivity contribution in [3.05, 3.63) is 40.5 Å². The second-order valence-electron chi connectivity index (χ2n) is 9.36. The normalized spacial score (nSPS) is 19.6. The number of sulfone groups is 1. The van der Waals surface area contributed by atoms with Crippen molar-refractivity contribution >= 4 is 44.5 Å². The van der Waals surface area contributed by atoms with Gasteiger partial charge in [-0.3, -0.25) is 4.79 Å². The molecular formula is C23H21F3N6O4S2.